The molecule has 4 heterocycles. The van der Waals surface area contributed by atoms with Gasteiger partial charge < -0.3 is 15.5 Å². The first kappa shape index (κ1) is 25.7. The Morgan fingerprint density at radius 2 is 1.87 bits per heavy atom. The van der Waals surface area contributed by atoms with Gasteiger partial charge in [0.25, 0.3) is 0 Å². The van der Waals surface area contributed by atoms with E-state index in [1.807, 2.05) is 32.7 Å². The van der Waals surface area contributed by atoms with Gasteiger partial charge in [0.05, 0.1) is 22.3 Å². The standard InChI is InChI=1S/C28H31F2N7O/c1-15(2)23-25(16(3)9-10-32-23)37-27-18(26(34-28(37)38)36-12-11-35(5)17(4)14-36)13-20(30)24(33-27)22-19(29)7-6-8-21(22)31/h6-10,13,15,17H,11-12,14,31H2,1-5H3/t17-/m1/s1. The first-order valence-electron chi connectivity index (χ1n) is 12.7. The first-order chi connectivity index (χ1) is 18.1. The number of halogens is 2. The van der Waals surface area contributed by atoms with E-state index >= 15 is 4.39 Å². The van der Waals surface area contributed by atoms with Crippen LogP contribution in [0, 0.1) is 18.6 Å². The smallest absolute Gasteiger partial charge is 0.355 e. The van der Waals surface area contributed by atoms with Crippen LogP contribution in [0.3, 0.4) is 0 Å². The Labute approximate surface area is 219 Å². The number of anilines is 2. The minimum absolute atomic E-state index is 0.0212. The summed E-state index contributed by atoms with van der Waals surface area (Å²) in [5.74, 6) is -1.12. The summed E-state index contributed by atoms with van der Waals surface area (Å²) in [6.07, 6.45) is 1.69. The summed E-state index contributed by atoms with van der Waals surface area (Å²) in [7, 11) is 2.04. The molecule has 0 unspecified atom stereocenters. The number of benzene rings is 1. The van der Waals surface area contributed by atoms with Crippen molar-refractivity contribution in [1.29, 1.82) is 0 Å². The second-order valence-corrected chi connectivity index (χ2v) is 10.2. The van der Waals surface area contributed by atoms with Crippen LogP contribution in [0.1, 0.15) is 37.9 Å². The molecule has 0 radical (unpaired) electrons. The number of fused-ring (bicyclic) bond motifs is 1. The molecule has 1 atom stereocenters. The zero-order valence-corrected chi connectivity index (χ0v) is 22.2. The van der Waals surface area contributed by atoms with Gasteiger partial charge in [-0.3, -0.25) is 4.98 Å². The number of pyridine rings is 2. The number of piperazine rings is 1. The number of hydrogen-bond acceptors (Lipinski definition) is 7. The van der Waals surface area contributed by atoms with Crippen LogP contribution in [0.4, 0.5) is 20.3 Å². The second-order valence-electron chi connectivity index (χ2n) is 10.2. The van der Waals surface area contributed by atoms with Gasteiger partial charge in [0.15, 0.2) is 11.5 Å². The van der Waals surface area contributed by atoms with E-state index in [0.29, 0.717) is 35.7 Å². The molecule has 198 valence electrons. The van der Waals surface area contributed by atoms with Crippen molar-refractivity contribution >= 4 is 22.5 Å². The van der Waals surface area contributed by atoms with Gasteiger partial charge in [0.1, 0.15) is 17.3 Å². The van der Waals surface area contributed by atoms with Gasteiger partial charge >= 0.3 is 5.69 Å². The maximum Gasteiger partial charge on any atom is 0.355 e. The van der Waals surface area contributed by atoms with E-state index in [1.165, 1.54) is 28.8 Å². The number of nitrogens with zero attached hydrogens (tertiary/aromatic N) is 6. The minimum atomic E-state index is -0.753. The van der Waals surface area contributed by atoms with E-state index in [-0.39, 0.29) is 34.6 Å². The number of aryl methyl sites for hydroxylation is 1. The van der Waals surface area contributed by atoms with Crippen LogP contribution in [0.15, 0.2) is 41.3 Å². The van der Waals surface area contributed by atoms with Gasteiger partial charge in [-0.15, -0.1) is 0 Å². The number of likely N-dealkylation sites (N-methyl/N-ethyl adjacent to an activating group) is 1. The zero-order valence-electron chi connectivity index (χ0n) is 22.2. The summed E-state index contributed by atoms with van der Waals surface area (Å²) in [5, 5.41) is 0.357. The zero-order chi connectivity index (χ0) is 27.3. The topological polar surface area (TPSA) is 93.2 Å². The summed E-state index contributed by atoms with van der Waals surface area (Å²) < 4.78 is 32.0. The summed E-state index contributed by atoms with van der Waals surface area (Å²) in [6, 6.07) is 7.43. The largest absolute Gasteiger partial charge is 0.398 e. The Morgan fingerprint density at radius 3 is 2.55 bits per heavy atom. The van der Waals surface area contributed by atoms with Crippen LogP contribution in [0.25, 0.3) is 28.0 Å². The summed E-state index contributed by atoms with van der Waals surface area (Å²) in [5.41, 5.74) is 7.29. The lowest BCUT2D eigenvalue weighted by atomic mass is 10.0. The molecular weight excluding hydrogens is 488 g/mol. The Bertz CT molecular complexity index is 1580. The van der Waals surface area contributed by atoms with Gasteiger partial charge in [-0.2, -0.15) is 4.98 Å². The normalized spacial score (nSPS) is 16.5. The van der Waals surface area contributed by atoms with Gasteiger partial charge in [-0.25, -0.2) is 23.1 Å². The Hall–Kier alpha value is -3.92. The lowest BCUT2D eigenvalue weighted by molar-refractivity contribution is 0.233. The highest BCUT2D eigenvalue weighted by atomic mass is 19.1. The number of rotatable bonds is 4. The minimum Gasteiger partial charge on any atom is -0.398 e. The number of nitrogens with two attached hydrogens (primary N) is 1. The van der Waals surface area contributed by atoms with Crippen LogP contribution >= 0.6 is 0 Å². The van der Waals surface area contributed by atoms with Gasteiger partial charge in [-0.1, -0.05) is 19.9 Å². The fraction of sp³-hybridized carbons (Fsp3) is 0.357. The van der Waals surface area contributed by atoms with Crippen molar-refractivity contribution < 1.29 is 8.78 Å². The molecule has 38 heavy (non-hydrogen) atoms. The molecule has 0 spiro atoms. The molecule has 0 aliphatic carbocycles. The first-order valence-corrected chi connectivity index (χ1v) is 12.7. The van der Waals surface area contributed by atoms with Crippen LogP contribution in [0.2, 0.25) is 0 Å². The average molecular weight is 520 g/mol. The van der Waals surface area contributed by atoms with Crippen LogP contribution in [-0.2, 0) is 0 Å². The van der Waals surface area contributed by atoms with Gasteiger partial charge in [0.2, 0.25) is 0 Å². The van der Waals surface area contributed by atoms with Gasteiger partial charge in [0, 0.05) is 37.6 Å². The number of hydrogen-bond donors (Lipinski definition) is 1. The van der Waals surface area contributed by atoms with Gasteiger partial charge in [-0.05, 0) is 56.6 Å². The quantitative estimate of drug-likeness (QED) is 0.403. The lowest BCUT2D eigenvalue weighted by Gasteiger charge is -2.38. The molecule has 8 nitrogen and oxygen atoms in total. The second kappa shape index (κ2) is 9.75. The SMILES string of the molecule is Cc1ccnc(C(C)C)c1-n1c(=O)nc(N2CCN(C)[C@H](C)C2)c2cc(F)c(-c3c(N)cccc3F)nc21. The van der Waals surface area contributed by atoms with Crippen molar-refractivity contribution in [3.05, 3.63) is 69.9 Å². The number of nitrogen functional groups attached to an aromatic ring is 1. The molecule has 10 heteroatoms. The van der Waals surface area contributed by atoms with Crippen molar-refractivity contribution in [3.63, 3.8) is 0 Å². The molecule has 1 aliphatic rings. The maximum absolute atomic E-state index is 15.7. The van der Waals surface area contributed by atoms with E-state index in [0.717, 1.165) is 12.1 Å². The fourth-order valence-corrected chi connectivity index (χ4v) is 5.04. The summed E-state index contributed by atoms with van der Waals surface area (Å²) >= 11 is 0. The molecule has 0 amide bonds. The third kappa shape index (κ3) is 4.28. The molecular formula is C28H31F2N7O. The molecule has 0 saturated carbocycles. The molecule has 1 saturated heterocycles. The van der Waals surface area contributed by atoms with Crippen molar-refractivity contribution in [2.45, 2.75) is 39.7 Å². The molecule has 4 aromatic rings. The van der Waals surface area contributed by atoms with E-state index < -0.39 is 17.3 Å². The third-order valence-corrected chi connectivity index (χ3v) is 7.27. The predicted molar refractivity (Wildman–Crippen MR) is 146 cm³/mol. The van der Waals surface area contributed by atoms with Crippen LogP contribution in [-0.4, -0.2) is 57.1 Å². The Balaban J connectivity index is 1.89. The monoisotopic (exact) mass is 519 g/mol. The molecule has 5 rings (SSSR count). The number of aromatic nitrogens is 4. The average Bonchev–Trinajstić information content (AvgIpc) is 2.86. The van der Waals surface area contributed by atoms with Crippen LogP contribution in [0.5, 0.6) is 0 Å². The molecule has 0 bridgehead atoms. The van der Waals surface area contributed by atoms with E-state index in [2.05, 4.69) is 26.8 Å². The Morgan fingerprint density at radius 1 is 1.11 bits per heavy atom. The molecule has 1 aliphatic heterocycles. The third-order valence-electron chi connectivity index (χ3n) is 7.27. The van der Waals surface area contributed by atoms with E-state index in [9.17, 15) is 9.18 Å². The lowest BCUT2D eigenvalue weighted by Crippen LogP contribution is -2.50. The summed E-state index contributed by atoms with van der Waals surface area (Å²) in [4.78, 5) is 31.6. The van der Waals surface area contributed by atoms with Crippen molar-refractivity contribution in [3.8, 4) is 16.9 Å². The molecule has 1 fully saturated rings. The van der Waals surface area contributed by atoms with Crippen molar-refractivity contribution in [2.75, 3.05) is 37.3 Å². The fourth-order valence-electron chi connectivity index (χ4n) is 5.04. The van der Waals surface area contributed by atoms with E-state index in [4.69, 9.17) is 5.73 Å². The van der Waals surface area contributed by atoms with E-state index in [1.54, 1.807) is 12.3 Å². The molecule has 2 N–H and O–H groups in total. The molecule has 3 aromatic heterocycles. The van der Waals surface area contributed by atoms with Crippen LogP contribution < -0.4 is 16.3 Å². The maximum atomic E-state index is 15.7. The Kier molecular flexibility index (Phi) is 6.60. The highest BCUT2D eigenvalue weighted by molar-refractivity contribution is 5.91. The highest BCUT2D eigenvalue weighted by Gasteiger charge is 2.28. The molecule has 1 aromatic carbocycles. The predicted octanol–water partition coefficient (Wildman–Crippen LogP) is 4.28. The highest BCUT2D eigenvalue weighted by Crippen LogP contribution is 2.35. The van der Waals surface area contributed by atoms with Crippen molar-refractivity contribution in [2.24, 2.45) is 0 Å². The summed E-state index contributed by atoms with van der Waals surface area (Å²) in [6.45, 7) is 9.88. The van der Waals surface area contributed by atoms with Crippen molar-refractivity contribution in [1.82, 2.24) is 24.4 Å².